The van der Waals surface area contributed by atoms with Gasteiger partial charge in [0.1, 0.15) is 0 Å². The van der Waals surface area contributed by atoms with E-state index in [0.29, 0.717) is 5.69 Å². The number of hydrogen-bond donors (Lipinski definition) is 0. The van der Waals surface area contributed by atoms with Crippen LogP contribution in [0.4, 0.5) is 5.69 Å². The topological polar surface area (TPSA) is 28.1 Å². The molecule has 0 unspecified atom stereocenters. The normalized spacial score (nSPS) is 10.8. The summed E-state index contributed by atoms with van der Waals surface area (Å²) in [7, 11) is 0. The van der Waals surface area contributed by atoms with Crippen LogP contribution >= 0.6 is 0 Å². The van der Waals surface area contributed by atoms with Gasteiger partial charge in [0.25, 0.3) is 0 Å². The highest BCUT2D eigenvalue weighted by atomic mass is 14.8. The second kappa shape index (κ2) is 2.94. The van der Waals surface area contributed by atoms with E-state index in [1.807, 2.05) is 18.2 Å². The summed E-state index contributed by atoms with van der Waals surface area (Å²) in [5, 5.41) is 8.55. The summed E-state index contributed by atoms with van der Waals surface area (Å²) in [6, 6.07) is 7.60. The molecular weight excluding hydrogens is 148 g/mol. The monoisotopic (exact) mass is 161 g/mol. The third-order valence-corrected chi connectivity index (χ3v) is 1.83. The van der Waals surface area contributed by atoms with Gasteiger partial charge in [-0.05, 0) is 11.0 Å². The molecule has 62 valence electrons. The minimum atomic E-state index is 0.112. The summed E-state index contributed by atoms with van der Waals surface area (Å²) in [6.45, 7) is 6.39. The Morgan fingerprint density at radius 3 is 2.42 bits per heavy atom. The molecule has 0 saturated carbocycles. The van der Waals surface area contributed by atoms with Crippen molar-refractivity contribution < 1.29 is 0 Å². The molecule has 2 nitrogen and oxygen atoms in total. The minimum Gasteiger partial charge on any atom is -0.0579 e. The molecule has 12 heavy (non-hydrogen) atoms. The maximum atomic E-state index is 8.55. The molecule has 2 heteroatoms. The van der Waals surface area contributed by atoms with E-state index < -0.39 is 0 Å². The number of diazo groups is 1. The Kier molecular flexibility index (Phi) is 2.14. The lowest BCUT2D eigenvalue weighted by atomic mass is 9.87. The Labute approximate surface area is 72.9 Å². The highest BCUT2D eigenvalue weighted by Crippen LogP contribution is 2.25. The minimum absolute atomic E-state index is 0.112. The predicted molar refractivity (Wildman–Crippen MR) is 49.9 cm³/mol. The molecule has 0 aliphatic carbocycles. The third kappa shape index (κ3) is 1.82. The van der Waals surface area contributed by atoms with Crippen molar-refractivity contribution in [3.05, 3.63) is 34.8 Å². The van der Waals surface area contributed by atoms with Crippen molar-refractivity contribution in [3.8, 4) is 0 Å². The summed E-state index contributed by atoms with van der Waals surface area (Å²) in [6.07, 6.45) is 0. The summed E-state index contributed by atoms with van der Waals surface area (Å²) in [5.41, 5.74) is 1.90. The van der Waals surface area contributed by atoms with Crippen LogP contribution in [0.5, 0.6) is 0 Å². The Balaban J connectivity index is 3.13. The molecule has 0 saturated heterocycles. The molecule has 1 aromatic rings. The molecule has 0 bridgehead atoms. The largest absolute Gasteiger partial charge is 0.385 e. The zero-order valence-electron chi connectivity index (χ0n) is 7.70. The number of hydrogen-bond acceptors (Lipinski definition) is 1. The van der Waals surface area contributed by atoms with Crippen LogP contribution in [0.15, 0.2) is 24.3 Å². The van der Waals surface area contributed by atoms with Crippen LogP contribution in [0.2, 0.25) is 0 Å². The molecule has 0 fully saturated rings. The molecular formula is C10H13N2+. The summed E-state index contributed by atoms with van der Waals surface area (Å²) in [5.74, 6) is 0. The zero-order chi connectivity index (χ0) is 9.19. The third-order valence-electron chi connectivity index (χ3n) is 1.83. The quantitative estimate of drug-likeness (QED) is 0.535. The van der Waals surface area contributed by atoms with Crippen LogP contribution in [0.1, 0.15) is 26.3 Å². The van der Waals surface area contributed by atoms with Crippen LogP contribution in [0, 0.1) is 5.39 Å². The first kappa shape index (κ1) is 8.73. The highest BCUT2D eigenvalue weighted by Gasteiger charge is 2.16. The average molecular weight is 161 g/mol. The second-order valence-electron chi connectivity index (χ2n) is 3.90. The van der Waals surface area contributed by atoms with Crippen molar-refractivity contribution in [2.24, 2.45) is 0 Å². The molecule has 0 amide bonds. The fourth-order valence-corrected chi connectivity index (χ4v) is 1.03. The van der Waals surface area contributed by atoms with Gasteiger partial charge in [-0.25, -0.2) is 0 Å². The van der Waals surface area contributed by atoms with Crippen LogP contribution in [-0.2, 0) is 5.41 Å². The smallest absolute Gasteiger partial charge is 0.0579 e. The molecule has 0 aromatic heterocycles. The number of rotatable bonds is 0. The van der Waals surface area contributed by atoms with Gasteiger partial charge in [-0.1, -0.05) is 32.9 Å². The highest BCUT2D eigenvalue weighted by molar-refractivity contribution is 5.47. The van der Waals surface area contributed by atoms with Crippen LogP contribution in [0.3, 0.4) is 0 Å². The summed E-state index contributed by atoms with van der Waals surface area (Å²) < 4.78 is 0. The average Bonchev–Trinajstić information content (AvgIpc) is 2.03. The summed E-state index contributed by atoms with van der Waals surface area (Å²) >= 11 is 0. The summed E-state index contributed by atoms with van der Waals surface area (Å²) in [4.78, 5) is 3.14. The molecule has 1 aromatic carbocycles. The van der Waals surface area contributed by atoms with E-state index in [2.05, 4.69) is 25.7 Å². The van der Waals surface area contributed by atoms with Gasteiger partial charge in [-0.15, -0.1) is 0 Å². The van der Waals surface area contributed by atoms with E-state index in [9.17, 15) is 0 Å². The predicted octanol–water partition coefficient (Wildman–Crippen LogP) is 3.47. The lowest BCUT2D eigenvalue weighted by Gasteiger charge is -2.17. The van der Waals surface area contributed by atoms with Crippen LogP contribution < -0.4 is 0 Å². The molecule has 0 spiro atoms. The maximum Gasteiger partial charge on any atom is 0.385 e. The van der Waals surface area contributed by atoms with Gasteiger partial charge in [0.2, 0.25) is 5.39 Å². The molecule has 0 aliphatic rings. The molecule has 1 rings (SSSR count). The molecule has 0 N–H and O–H groups in total. The van der Waals surface area contributed by atoms with E-state index in [1.54, 1.807) is 6.07 Å². The van der Waals surface area contributed by atoms with Crippen molar-refractivity contribution in [2.45, 2.75) is 26.2 Å². The van der Waals surface area contributed by atoms with Gasteiger partial charge in [0.15, 0.2) is 4.98 Å². The van der Waals surface area contributed by atoms with Crippen molar-refractivity contribution in [1.29, 1.82) is 5.39 Å². The van der Waals surface area contributed by atoms with Gasteiger partial charge >= 0.3 is 5.69 Å². The van der Waals surface area contributed by atoms with E-state index in [4.69, 9.17) is 5.39 Å². The van der Waals surface area contributed by atoms with E-state index in [-0.39, 0.29) is 5.41 Å². The number of benzene rings is 1. The Morgan fingerprint density at radius 1 is 1.25 bits per heavy atom. The van der Waals surface area contributed by atoms with Gasteiger partial charge in [0.05, 0.1) is 0 Å². The fourth-order valence-electron chi connectivity index (χ4n) is 1.03. The van der Waals surface area contributed by atoms with Gasteiger partial charge in [-0.3, -0.25) is 0 Å². The number of nitrogens with zero attached hydrogens (tertiary/aromatic N) is 2. The maximum absolute atomic E-state index is 8.55. The molecule has 0 radical (unpaired) electrons. The molecule has 0 heterocycles. The van der Waals surface area contributed by atoms with Gasteiger partial charge in [0, 0.05) is 12.1 Å². The Hall–Kier alpha value is -1.36. The zero-order valence-corrected chi connectivity index (χ0v) is 7.70. The first-order valence-corrected chi connectivity index (χ1v) is 3.99. The van der Waals surface area contributed by atoms with E-state index >= 15 is 0 Å². The molecule has 0 aliphatic heterocycles. The van der Waals surface area contributed by atoms with Crippen LogP contribution in [0.25, 0.3) is 4.98 Å². The fraction of sp³-hybridized carbons (Fsp3) is 0.400. The van der Waals surface area contributed by atoms with E-state index in [1.165, 1.54) is 5.56 Å². The van der Waals surface area contributed by atoms with E-state index in [0.717, 1.165) is 0 Å². The van der Waals surface area contributed by atoms with Crippen molar-refractivity contribution >= 4 is 5.69 Å². The first-order chi connectivity index (χ1) is 5.54. The Bertz CT molecular complexity index is 315. The lowest BCUT2D eigenvalue weighted by Crippen LogP contribution is -2.10. The molecule has 0 atom stereocenters. The first-order valence-electron chi connectivity index (χ1n) is 3.99. The van der Waals surface area contributed by atoms with Crippen molar-refractivity contribution in [2.75, 3.05) is 0 Å². The van der Waals surface area contributed by atoms with Gasteiger partial charge < -0.3 is 0 Å². The Morgan fingerprint density at radius 2 is 1.92 bits per heavy atom. The second-order valence-corrected chi connectivity index (χ2v) is 3.90. The van der Waals surface area contributed by atoms with Crippen molar-refractivity contribution in [1.82, 2.24) is 0 Å². The SMILES string of the molecule is CC(C)(C)c1cccc([N+]#N)c1. The lowest BCUT2D eigenvalue weighted by molar-refractivity contribution is 0.590. The standard InChI is InChI=1S/C10H13N2/c1-10(2,3)8-5-4-6-9(7-8)12-11/h4-7H,1-3H3/q+1. The van der Waals surface area contributed by atoms with Crippen molar-refractivity contribution in [3.63, 3.8) is 0 Å². The van der Waals surface area contributed by atoms with Crippen LogP contribution in [-0.4, -0.2) is 0 Å². The van der Waals surface area contributed by atoms with Gasteiger partial charge in [-0.2, -0.15) is 0 Å².